The molecule has 0 saturated carbocycles. The first-order chi connectivity index (χ1) is 10.1. The lowest BCUT2D eigenvalue weighted by Gasteiger charge is -2.42. The van der Waals surface area contributed by atoms with Gasteiger partial charge in [-0.3, -0.25) is 9.69 Å². The number of rotatable bonds is 1. The largest absolute Gasteiger partial charge is 0.497 e. The average molecular weight is 301 g/mol. The Morgan fingerprint density at radius 3 is 3.00 bits per heavy atom. The maximum atomic E-state index is 12.6. The van der Waals surface area contributed by atoms with Gasteiger partial charge in [-0.15, -0.1) is 0 Å². The van der Waals surface area contributed by atoms with E-state index in [1.165, 1.54) is 0 Å². The molecule has 2 aliphatic rings. The molecule has 1 N–H and O–H groups in total. The predicted molar refractivity (Wildman–Crippen MR) is 83.4 cm³/mol. The number of aromatic nitrogens is 1. The fourth-order valence-electron chi connectivity index (χ4n) is 3.35. The van der Waals surface area contributed by atoms with Gasteiger partial charge < -0.3 is 14.6 Å². The number of amides is 1. The van der Waals surface area contributed by atoms with Crippen molar-refractivity contribution in [1.82, 2.24) is 14.8 Å². The van der Waals surface area contributed by atoms with Crippen LogP contribution in [0.1, 0.15) is 17.2 Å². The molecular weight excluding hydrogens is 286 g/mol. The molecule has 3 heterocycles. The van der Waals surface area contributed by atoms with E-state index in [9.17, 15) is 4.79 Å². The Bertz CT molecular complexity index is 783. The molecule has 1 aromatic heterocycles. The van der Waals surface area contributed by atoms with Crippen LogP contribution >= 0.6 is 12.2 Å². The summed E-state index contributed by atoms with van der Waals surface area (Å²) in [5, 5.41) is 1.68. The number of methoxy groups -OCH3 is 1. The second-order valence-electron chi connectivity index (χ2n) is 5.54. The van der Waals surface area contributed by atoms with Gasteiger partial charge in [0.1, 0.15) is 5.75 Å². The van der Waals surface area contributed by atoms with E-state index >= 15 is 0 Å². The van der Waals surface area contributed by atoms with E-state index in [2.05, 4.69) is 9.88 Å². The minimum absolute atomic E-state index is 0.0703. The van der Waals surface area contributed by atoms with Crippen LogP contribution in [0, 0.1) is 0 Å². The van der Waals surface area contributed by atoms with Gasteiger partial charge >= 0.3 is 0 Å². The van der Waals surface area contributed by atoms with Crippen LogP contribution in [0.4, 0.5) is 0 Å². The van der Waals surface area contributed by atoms with Crippen LogP contribution in [0.5, 0.6) is 5.75 Å². The molecule has 0 aliphatic carbocycles. The summed E-state index contributed by atoms with van der Waals surface area (Å²) in [6, 6.07) is 5.92. The van der Waals surface area contributed by atoms with Crippen LogP contribution < -0.4 is 4.74 Å². The topological polar surface area (TPSA) is 48.6 Å². The van der Waals surface area contributed by atoms with Crippen molar-refractivity contribution in [3.8, 4) is 5.75 Å². The predicted octanol–water partition coefficient (Wildman–Crippen LogP) is 1.83. The molecule has 2 aromatic rings. The molecule has 4 rings (SSSR count). The zero-order valence-corrected chi connectivity index (χ0v) is 12.7. The summed E-state index contributed by atoms with van der Waals surface area (Å²) in [5.41, 5.74) is 3.22. The van der Waals surface area contributed by atoms with Crippen molar-refractivity contribution in [3.05, 3.63) is 29.5 Å². The van der Waals surface area contributed by atoms with E-state index in [1.54, 1.807) is 19.1 Å². The molecule has 1 amide bonds. The number of hydrogen-bond acceptors (Lipinski definition) is 3. The zero-order valence-electron chi connectivity index (χ0n) is 11.8. The smallest absolute Gasteiger partial charge is 0.237 e. The lowest BCUT2D eigenvalue weighted by atomic mass is 9.89. The van der Waals surface area contributed by atoms with Gasteiger partial charge in [-0.1, -0.05) is 0 Å². The third-order valence-corrected chi connectivity index (χ3v) is 4.95. The van der Waals surface area contributed by atoms with E-state index in [0.717, 1.165) is 34.5 Å². The number of ether oxygens (including phenoxy) is 1. The van der Waals surface area contributed by atoms with Gasteiger partial charge in [-0.25, -0.2) is 0 Å². The van der Waals surface area contributed by atoms with E-state index < -0.39 is 0 Å². The normalized spacial score (nSPS) is 21.0. The highest BCUT2D eigenvalue weighted by Crippen LogP contribution is 2.39. The van der Waals surface area contributed by atoms with E-state index in [-0.39, 0.29) is 11.8 Å². The first-order valence-electron chi connectivity index (χ1n) is 6.85. The van der Waals surface area contributed by atoms with Gasteiger partial charge in [0.15, 0.2) is 5.11 Å². The minimum Gasteiger partial charge on any atom is -0.497 e. The second kappa shape index (κ2) is 4.21. The summed E-state index contributed by atoms with van der Waals surface area (Å²) in [4.78, 5) is 19.7. The van der Waals surface area contributed by atoms with Gasteiger partial charge in [-0.2, -0.15) is 0 Å². The van der Waals surface area contributed by atoms with Crippen molar-refractivity contribution in [1.29, 1.82) is 0 Å². The Hall–Kier alpha value is -2.08. The van der Waals surface area contributed by atoms with Gasteiger partial charge in [0, 0.05) is 30.2 Å². The maximum absolute atomic E-state index is 12.6. The third kappa shape index (κ3) is 1.62. The molecule has 2 aliphatic heterocycles. The Balaban J connectivity index is 1.95. The Morgan fingerprint density at radius 1 is 1.43 bits per heavy atom. The highest BCUT2D eigenvalue weighted by molar-refractivity contribution is 7.80. The molecule has 108 valence electrons. The quantitative estimate of drug-likeness (QED) is 0.817. The summed E-state index contributed by atoms with van der Waals surface area (Å²) in [5.74, 6) is 0.714. The molecule has 21 heavy (non-hydrogen) atoms. The van der Waals surface area contributed by atoms with Gasteiger partial charge in [0.25, 0.3) is 0 Å². The molecule has 1 aromatic carbocycles. The molecule has 0 radical (unpaired) electrons. The molecule has 1 unspecified atom stereocenters. The number of fused-ring (bicyclic) bond motifs is 6. The third-order valence-electron chi connectivity index (χ3n) is 4.41. The monoisotopic (exact) mass is 301 g/mol. The van der Waals surface area contributed by atoms with E-state index in [4.69, 9.17) is 17.0 Å². The zero-order chi connectivity index (χ0) is 14.7. The highest BCUT2D eigenvalue weighted by atomic mass is 32.1. The first kappa shape index (κ1) is 12.6. The summed E-state index contributed by atoms with van der Waals surface area (Å²) in [6.07, 6.45) is 0. The standard InChI is InChI=1S/C15H15N3O2S/c1-17-14(19)10-6-18(15(17)21)7-12-13(10)9-5-8(20-2)3-4-11(9)16-12/h3-5,10,16H,6-7H2,1-2H3. The summed E-state index contributed by atoms with van der Waals surface area (Å²) in [6.45, 7) is 1.39. The van der Waals surface area contributed by atoms with Crippen molar-refractivity contribution in [2.45, 2.75) is 12.5 Å². The number of thiocarbonyl (C=S) groups is 1. The molecule has 0 spiro atoms. The van der Waals surface area contributed by atoms with Crippen LogP contribution in [0.25, 0.3) is 10.9 Å². The summed E-state index contributed by atoms with van der Waals surface area (Å²) in [7, 11) is 3.41. The number of hydrogen-bond donors (Lipinski definition) is 1. The molecule has 1 fully saturated rings. The fraction of sp³-hybridized carbons (Fsp3) is 0.333. The van der Waals surface area contributed by atoms with Gasteiger partial charge in [0.2, 0.25) is 5.91 Å². The van der Waals surface area contributed by atoms with Gasteiger partial charge in [0.05, 0.1) is 19.6 Å². The molecule has 6 heteroatoms. The van der Waals surface area contributed by atoms with Crippen molar-refractivity contribution in [2.75, 3.05) is 20.7 Å². The van der Waals surface area contributed by atoms with Crippen LogP contribution in [-0.4, -0.2) is 46.5 Å². The number of nitrogens with one attached hydrogen (secondary N) is 1. The molecule has 2 bridgehead atoms. The van der Waals surface area contributed by atoms with E-state index in [0.29, 0.717) is 11.7 Å². The number of nitrogens with zero attached hydrogens (tertiary/aromatic N) is 2. The average Bonchev–Trinajstić information content (AvgIpc) is 2.87. The van der Waals surface area contributed by atoms with Crippen LogP contribution in [-0.2, 0) is 11.3 Å². The van der Waals surface area contributed by atoms with Crippen LogP contribution in [0.3, 0.4) is 0 Å². The highest BCUT2D eigenvalue weighted by Gasteiger charge is 2.41. The van der Waals surface area contributed by atoms with Crippen molar-refractivity contribution in [2.24, 2.45) is 0 Å². The van der Waals surface area contributed by atoms with E-state index in [1.807, 2.05) is 18.2 Å². The second-order valence-corrected chi connectivity index (χ2v) is 5.91. The van der Waals surface area contributed by atoms with Crippen LogP contribution in [0.15, 0.2) is 18.2 Å². The van der Waals surface area contributed by atoms with Crippen LogP contribution in [0.2, 0.25) is 0 Å². The number of aromatic amines is 1. The number of carbonyl (C=O) groups excluding carboxylic acids is 1. The van der Waals surface area contributed by atoms with Gasteiger partial charge in [-0.05, 0) is 36.0 Å². The number of likely N-dealkylation sites (N-methyl/N-ethyl adjacent to an activating group) is 1. The summed E-state index contributed by atoms with van der Waals surface area (Å²) >= 11 is 5.36. The Kier molecular flexibility index (Phi) is 2.53. The lowest BCUT2D eigenvalue weighted by molar-refractivity contribution is -0.130. The van der Waals surface area contributed by atoms with Crippen molar-refractivity contribution >= 4 is 34.1 Å². The first-order valence-corrected chi connectivity index (χ1v) is 7.26. The Morgan fingerprint density at radius 2 is 2.24 bits per heavy atom. The molecular formula is C15H15N3O2S. The molecule has 1 saturated heterocycles. The number of carbonyl (C=O) groups is 1. The number of benzene rings is 1. The SMILES string of the molecule is COc1ccc2[nH]c3c(c2c1)C1CN(C3)C(=S)N(C)C1=O. The summed E-state index contributed by atoms with van der Waals surface area (Å²) < 4.78 is 5.31. The maximum Gasteiger partial charge on any atom is 0.237 e. The Labute approximate surface area is 127 Å². The fourth-order valence-corrected chi connectivity index (χ4v) is 3.58. The lowest BCUT2D eigenvalue weighted by Crippen LogP contribution is -2.55. The van der Waals surface area contributed by atoms with Crippen molar-refractivity contribution in [3.63, 3.8) is 0 Å². The van der Waals surface area contributed by atoms with Crippen molar-refractivity contribution < 1.29 is 9.53 Å². The number of H-pyrrole nitrogens is 1. The molecule has 5 nitrogen and oxygen atoms in total. The molecule has 1 atom stereocenters. The minimum atomic E-state index is -0.161.